The third kappa shape index (κ3) is 3.77. The van der Waals surface area contributed by atoms with Crippen LogP contribution in [0.2, 0.25) is 0 Å². The highest BCUT2D eigenvalue weighted by molar-refractivity contribution is 6.12. The van der Waals surface area contributed by atoms with Crippen molar-refractivity contribution in [2.24, 2.45) is 34.0 Å². The first-order valence-electron chi connectivity index (χ1n) is 15.9. The van der Waals surface area contributed by atoms with Crippen LogP contribution in [-0.2, 0) is 42.9 Å². The van der Waals surface area contributed by atoms with Crippen LogP contribution < -0.4 is 0 Å². The molecule has 2 fully saturated rings. The molecule has 1 N–H and O–H groups in total. The fourth-order valence-electron chi connectivity index (χ4n) is 9.53. The molecular weight excluding hydrogens is 596 g/mol. The van der Waals surface area contributed by atoms with Gasteiger partial charge in [-0.3, -0.25) is 19.2 Å². The van der Waals surface area contributed by atoms with Crippen LogP contribution in [0.15, 0.2) is 45.8 Å². The van der Waals surface area contributed by atoms with Gasteiger partial charge in [-0.1, -0.05) is 48.5 Å². The fourth-order valence-corrected chi connectivity index (χ4v) is 9.53. The summed E-state index contributed by atoms with van der Waals surface area (Å²) in [6.07, 6.45) is 2.55. The van der Waals surface area contributed by atoms with Crippen molar-refractivity contribution in [3.8, 4) is 0 Å². The van der Waals surface area contributed by atoms with E-state index in [1.54, 1.807) is 40.7 Å². The van der Waals surface area contributed by atoms with E-state index in [2.05, 4.69) is 0 Å². The number of Topliss-reactive ketones (excluding diaryl/α,β-unsaturated/α-hetero) is 1. The maximum Gasteiger partial charge on any atom is 0.331 e. The lowest BCUT2D eigenvalue weighted by molar-refractivity contribution is -0.260. The molecule has 6 rings (SSSR count). The van der Waals surface area contributed by atoms with E-state index in [1.807, 2.05) is 13.8 Å². The van der Waals surface area contributed by atoms with Gasteiger partial charge >= 0.3 is 23.9 Å². The van der Waals surface area contributed by atoms with Crippen LogP contribution in [0.1, 0.15) is 85.8 Å². The average Bonchev–Trinajstić information content (AvgIpc) is 3.64. The molecule has 4 aliphatic carbocycles. The summed E-state index contributed by atoms with van der Waals surface area (Å²) in [5, 5.41) is 13.1. The first-order valence-corrected chi connectivity index (χ1v) is 15.9. The standard InChI is InChI=1S/C35H42O11/c1-17(2)28(39)45-30-32(6)16-34(46-29(40)18(3)4)33(7,22(32)14-23(36)42-8)20-9-11-31(5)21(25(20)26(38)35(30,34)41)13-24(37)44-27(31)19-10-12-43-15-19/h10,12-13,15,17-18,22,27,30,41H,9,11,14,16H2,1-8H3/t22-,27+,30+,31-,32-,33+,34+,35-/m0/s1. The van der Waals surface area contributed by atoms with Crippen LogP contribution in [0.5, 0.6) is 0 Å². The molecule has 0 spiro atoms. The average molecular weight is 639 g/mol. The third-order valence-corrected chi connectivity index (χ3v) is 11.8. The number of hydrogen-bond acceptors (Lipinski definition) is 11. The summed E-state index contributed by atoms with van der Waals surface area (Å²) in [4.78, 5) is 68.3. The van der Waals surface area contributed by atoms with Gasteiger partial charge in [0.15, 0.2) is 5.60 Å². The summed E-state index contributed by atoms with van der Waals surface area (Å²) in [6.45, 7) is 12.1. The molecule has 2 saturated carbocycles. The Labute approximate surface area is 267 Å². The second-order valence-corrected chi connectivity index (χ2v) is 14.9. The molecule has 8 atom stereocenters. The lowest BCUT2D eigenvalue weighted by Crippen LogP contribution is -2.77. The summed E-state index contributed by atoms with van der Waals surface area (Å²) in [6, 6.07) is 1.70. The zero-order valence-corrected chi connectivity index (χ0v) is 27.6. The van der Waals surface area contributed by atoms with E-state index in [0.29, 0.717) is 29.6 Å². The Morgan fingerprint density at radius 2 is 1.74 bits per heavy atom. The molecule has 11 heteroatoms. The van der Waals surface area contributed by atoms with Crippen LogP contribution in [-0.4, -0.2) is 59.2 Å². The largest absolute Gasteiger partial charge is 0.472 e. The van der Waals surface area contributed by atoms with Gasteiger partial charge in [0.1, 0.15) is 12.2 Å². The van der Waals surface area contributed by atoms with Gasteiger partial charge in [-0.25, -0.2) is 4.79 Å². The molecule has 1 aromatic rings. The zero-order valence-electron chi connectivity index (χ0n) is 27.6. The first-order chi connectivity index (χ1) is 21.4. The minimum absolute atomic E-state index is 0.0400. The molecule has 1 aliphatic heterocycles. The molecule has 0 radical (unpaired) electrons. The zero-order chi connectivity index (χ0) is 33.8. The number of hydrogen-bond donors (Lipinski definition) is 1. The first kappa shape index (κ1) is 32.2. The van der Waals surface area contributed by atoms with Crippen LogP contribution in [0.25, 0.3) is 0 Å². The normalized spacial score (nSPS) is 39.1. The van der Waals surface area contributed by atoms with Crippen molar-refractivity contribution in [2.75, 3.05) is 7.11 Å². The fraction of sp³-hybridized carbons (Fsp3) is 0.629. The minimum Gasteiger partial charge on any atom is -0.472 e. The molecular formula is C35H42O11. The summed E-state index contributed by atoms with van der Waals surface area (Å²) in [5.41, 5.74) is -6.10. The monoisotopic (exact) mass is 638 g/mol. The Hall–Kier alpha value is -3.73. The second kappa shape index (κ2) is 10.1. The molecule has 11 nitrogen and oxygen atoms in total. The molecule has 5 aliphatic rings. The molecule has 248 valence electrons. The lowest BCUT2D eigenvalue weighted by atomic mass is 9.43. The summed E-state index contributed by atoms with van der Waals surface area (Å²) in [5.74, 6) is -5.20. The molecule has 46 heavy (non-hydrogen) atoms. The molecule has 0 saturated heterocycles. The highest BCUT2D eigenvalue weighted by Gasteiger charge is 2.91. The van der Waals surface area contributed by atoms with Crippen molar-refractivity contribution >= 4 is 29.7 Å². The topological polar surface area (TPSA) is 156 Å². The van der Waals surface area contributed by atoms with Crippen molar-refractivity contribution in [2.45, 2.75) is 97.6 Å². The van der Waals surface area contributed by atoms with E-state index in [1.165, 1.54) is 25.7 Å². The second-order valence-electron chi connectivity index (χ2n) is 14.9. The lowest BCUT2D eigenvalue weighted by Gasteiger charge is -2.63. The Kier molecular flexibility index (Phi) is 7.10. The summed E-state index contributed by atoms with van der Waals surface area (Å²) in [7, 11) is 1.27. The SMILES string of the molecule is COC(=O)C[C@H]1[C@]2(C)C[C@@]3(OC(=O)C(C)C)[C@]1(C)C1=C(C(=O)[C@]3(O)[C@@H]2OC(=O)C(C)C)C2=CC(=O)O[C@H](c3ccoc3)[C@@]2(C)CC1. The van der Waals surface area contributed by atoms with Crippen molar-refractivity contribution in [3.05, 3.63) is 47.0 Å². The van der Waals surface area contributed by atoms with Gasteiger partial charge in [0, 0.05) is 46.3 Å². The van der Waals surface area contributed by atoms with Crippen molar-refractivity contribution in [1.82, 2.24) is 0 Å². The number of ketones is 1. The van der Waals surface area contributed by atoms with E-state index in [-0.39, 0.29) is 18.4 Å². The number of methoxy groups -OCH3 is 1. The predicted molar refractivity (Wildman–Crippen MR) is 159 cm³/mol. The molecule has 2 bridgehead atoms. The number of rotatable bonds is 7. The smallest absolute Gasteiger partial charge is 0.331 e. The quantitative estimate of drug-likeness (QED) is 0.335. The van der Waals surface area contributed by atoms with Crippen LogP contribution in [0.3, 0.4) is 0 Å². The van der Waals surface area contributed by atoms with E-state index in [4.69, 9.17) is 23.4 Å². The Morgan fingerprint density at radius 3 is 2.33 bits per heavy atom. The Balaban J connectivity index is 1.66. The van der Waals surface area contributed by atoms with Crippen molar-refractivity contribution < 1.29 is 52.4 Å². The maximum atomic E-state index is 15.2. The summed E-state index contributed by atoms with van der Waals surface area (Å²) < 4.78 is 28.7. The van der Waals surface area contributed by atoms with Gasteiger partial charge in [-0.15, -0.1) is 0 Å². The molecule has 2 heterocycles. The number of ether oxygens (including phenoxy) is 4. The molecule has 0 amide bonds. The number of fused-ring (bicyclic) bond motifs is 4. The van der Waals surface area contributed by atoms with Crippen molar-refractivity contribution in [3.63, 3.8) is 0 Å². The van der Waals surface area contributed by atoms with Gasteiger partial charge in [-0.2, -0.15) is 0 Å². The summed E-state index contributed by atoms with van der Waals surface area (Å²) >= 11 is 0. The van der Waals surface area contributed by atoms with Crippen molar-refractivity contribution in [1.29, 1.82) is 0 Å². The predicted octanol–water partition coefficient (Wildman–Crippen LogP) is 4.33. The van der Waals surface area contributed by atoms with E-state index in [0.717, 1.165) is 0 Å². The molecule has 0 aromatic carbocycles. The van der Waals surface area contributed by atoms with E-state index < -0.39 is 87.1 Å². The number of carbonyl (C=O) groups excluding carboxylic acids is 5. The van der Waals surface area contributed by atoms with Crippen LogP contribution >= 0.6 is 0 Å². The van der Waals surface area contributed by atoms with E-state index >= 15 is 4.79 Å². The van der Waals surface area contributed by atoms with Gasteiger partial charge < -0.3 is 28.5 Å². The number of cyclic esters (lactones) is 1. The number of furan rings is 1. The Morgan fingerprint density at radius 1 is 1.07 bits per heavy atom. The van der Waals surface area contributed by atoms with Gasteiger partial charge in [0.2, 0.25) is 11.4 Å². The number of carbonyl (C=O) groups is 5. The van der Waals surface area contributed by atoms with Gasteiger partial charge in [0.25, 0.3) is 0 Å². The number of esters is 4. The molecule has 0 unspecified atom stereocenters. The third-order valence-electron chi connectivity index (χ3n) is 11.8. The van der Waals surface area contributed by atoms with E-state index in [9.17, 15) is 24.3 Å². The highest BCUT2D eigenvalue weighted by atomic mass is 16.6. The van der Waals surface area contributed by atoms with Gasteiger partial charge in [0.05, 0.1) is 31.5 Å². The Bertz CT molecular complexity index is 1600. The minimum atomic E-state index is -2.54. The highest BCUT2D eigenvalue weighted by Crippen LogP contribution is 2.80. The van der Waals surface area contributed by atoms with Crippen LogP contribution in [0, 0.1) is 34.0 Å². The van der Waals surface area contributed by atoms with Gasteiger partial charge in [-0.05, 0) is 36.0 Å². The van der Waals surface area contributed by atoms with Crippen LogP contribution in [0.4, 0.5) is 0 Å². The molecule has 1 aromatic heterocycles. The maximum absolute atomic E-state index is 15.2. The number of aliphatic hydroxyl groups is 1.